The van der Waals surface area contributed by atoms with Crippen LogP contribution in [0.5, 0.6) is 0 Å². The smallest absolute Gasteiger partial charge is 0.312 e. The first-order valence-electron chi connectivity index (χ1n) is 16.2. The van der Waals surface area contributed by atoms with Crippen molar-refractivity contribution in [2.45, 2.75) is 112 Å². The number of rotatable bonds is 4. The first-order chi connectivity index (χ1) is 18.8. The third-order valence-corrected chi connectivity index (χ3v) is 14.4. The molecule has 0 heterocycles. The van der Waals surface area contributed by atoms with Gasteiger partial charge in [0.15, 0.2) is 0 Å². The highest BCUT2D eigenvalue weighted by atomic mass is 16.5. The summed E-state index contributed by atoms with van der Waals surface area (Å²) in [4.78, 5) is 27.2. The number of hydrogen-bond donors (Lipinski definition) is 0. The summed E-state index contributed by atoms with van der Waals surface area (Å²) in [5.74, 6) is 2.86. The predicted molar refractivity (Wildman–Crippen MR) is 160 cm³/mol. The zero-order valence-corrected chi connectivity index (χ0v) is 26.0. The Labute approximate surface area is 242 Å². The van der Waals surface area contributed by atoms with Gasteiger partial charge in [0.1, 0.15) is 12.4 Å². The molecule has 218 valence electrons. The summed E-state index contributed by atoms with van der Waals surface area (Å²) in [5.41, 5.74) is 2.33. The van der Waals surface area contributed by atoms with Gasteiger partial charge < -0.3 is 4.74 Å². The van der Waals surface area contributed by atoms with E-state index in [9.17, 15) is 9.59 Å². The molecule has 0 bridgehead atoms. The second-order valence-electron chi connectivity index (χ2n) is 16.0. The number of esters is 1. The van der Waals surface area contributed by atoms with Crippen LogP contribution in [0.25, 0.3) is 0 Å². The van der Waals surface area contributed by atoms with Crippen molar-refractivity contribution in [2.75, 3.05) is 0 Å². The summed E-state index contributed by atoms with van der Waals surface area (Å²) >= 11 is 0. The van der Waals surface area contributed by atoms with E-state index in [1.807, 2.05) is 30.3 Å². The van der Waals surface area contributed by atoms with Crippen molar-refractivity contribution in [1.29, 1.82) is 0 Å². The Morgan fingerprint density at radius 3 is 2.30 bits per heavy atom. The number of carbonyl (C=O) groups excluding carboxylic acids is 2. The lowest BCUT2D eigenvalue weighted by molar-refractivity contribution is -0.236. The molecule has 40 heavy (non-hydrogen) atoms. The molecule has 0 aromatic heterocycles. The van der Waals surface area contributed by atoms with Crippen molar-refractivity contribution in [2.24, 2.45) is 56.7 Å². The first-order valence-corrected chi connectivity index (χ1v) is 16.2. The molecule has 9 atom stereocenters. The van der Waals surface area contributed by atoms with Crippen LogP contribution < -0.4 is 0 Å². The fourth-order valence-electron chi connectivity index (χ4n) is 12.2. The van der Waals surface area contributed by atoms with Gasteiger partial charge in [-0.1, -0.05) is 77.1 Å². The second-order valence-corrected chi connectivity index (χ2v) is 16.0. The summed E-state index contributed by atoms with van der Waals surface area (Å²) in [5, 5.41) is 0. The highest BCUT2D eigenvalue weighted by molar-refractivity contribution is 5.85. The van der Waals surface area contributed by atoms with Gasteiger partial charge in [-0.2, -0.15) is 0 Å². The highest BCUT2D eigenvalue weighted by Gasteiger charge is 2.72. The van der Waals surface area contributed by atoms with Crippen molar-refractivity contribution in [3.05, 3.63) is 48.0 Å². The molecule has 5 aliphatic carbocycles. The molecule has 0 saturated heterocycles. The van der Waals surface area contributed by atoms with Gasteiger partial charge in [0, 0.05) is 11.8 Å². The number of ether oxygens (including phenoxy) is 1. The minimum Gasteiger partial charge on any atom is -0.460 e. The van der Waals surface area contributed by atoms with Gasteiger partial charge in [0.05, 0.1) is 5.41 Å². The average molecular weight is 545 g/mol. The Kier molecular flexibility index (Phi) is 6.56. The van der Waals surface area contributed by atoms with Crippen LogP contribution in [0.1, 0.15) is 111 Å². The number of carbonyl (C=O) groups is 2. The van der Waals surface area contributed by atoms with Crippen LogP contribution in [0, 0.1) is 56.7 Å². The molecule has 0 unspecified atom stereocenters. The summed E-state index contributed by atoms with van der Waals surface area (Å²) in [6.45, 7) is 19.3. The molecule has 1 aromatic carbocycles. The van der Waals surface area contributed by atoms with Crippen LogP contribution in [0.15, 0.2) is 42.5 Å². The summed E-state index contributed by atoms with van der Waals surface area (Å²) in [6.07, 6.45) is 10.6. The van der Waals surface area contributed by atoms with Crippen molar-refractivity contribution in [3.63, 3.8) is 0 Å². The largest absolute Gasteiger partial charge is 0.460 e. The Morgan fingerprint density at radius 1 is 0.875 bits per heavy atom. The van der Waals surface area contributed by atoms with E-state index in [1.165, 1.54) is 24.8 Å². The van der Waals surface area contributed by atoms with Gasteiger partial charge in [-0.25, -0.2) is 0 Å². The third-order valence-electron chi connectivity index (χ3n) is 14.4. The number of ketones is 1. The Hall–Kier alpha value is -1.90. The molecule has 0 amide bonds. The number of benzene rings is 1. The number of fused-ring (bicyclic) bond motifs is 7. The van der Waals surface area contributed by atoms with E-state index in [2.05, 4.69) is 48.1 Å². The monoisotopic (exact) mass is 544 g/mol. The molecule has 3 heteroatoms. The van der Waals surface area contributed by atoms with E-state index in [1.54, 1.807) is 0 Å². The van der Waals surface area contributed by atoms with Crippen LogP contribution in [-0.4, -0.2) is 11.8 Å². The summed E-state index contributed by atoms with van der Waals surface area (Å²) in [6, 6.07) is 10.1. The lowest BCUT2D eigenvalue weighted by atomic mass is 9.32. The zero-order chi connectivity index (χ0) is 28.7. The molecule has 0 radical (unpaired) electrons. The Morgan fingerprint density at radius 2 is 1.60 bits per heavy atom. The maximum atomic E-state index is 14.1. The van der Waals surface area contributed by atoms with Crippen LogP contribution in [0.2, 0.25) is 0 Å². The van der Waals surface area contributed by atoms with Gasteiger partial charge in [-0.15, -0.1) is 0 Å². The molecule has 5 saturated carbocycles. The van der Waals surface area contributed by atoms with Gasteiger partial charge in [-0.05, 0) is 116 Å². The number of Topliss-reactive ketones (excluding diaryl/α,β-unsaturated/α-hetero) is 1. The summed E-state index contributed by atoms with van der Waals surface area (Å²) < 4.78 is 6.16. The molecular weight excluding hydrogens is 492 g/mol. The quantitative estimate of drug-likeness (QED) is 0.281. The predicted octanol–water partition coefficient (Wildman–Crippen LogP) is 8.96. The zero-order valence-electron chi connectivity index (χ0n) is 26.0. The highest BCUT2D eigenvalue weighted by Crippen LogP contribution is 2.77. The SMILES string of the molecule is C=C(C)[C@@H]1CC[C@]2(C(=O)OCc3ccccc3)CC[C@]3(C)[C@H](CC[C@@H]4[C@@]5(C)CCC(=O)C(C)(C)[C@@H]5CC[C@]43C)[C@@H]12. The number of hydrogen-bond acceptors (Lipinski definition) is 3. The molecule has 0 N–H and O–H groups in total. The normalized spacial score (nSPS) is 45.5. The van der Waals surface area contributed by atoms with Gasteiger partial charge in [-0.3, -0.25) is 9.59 Å². The summed E-state index contributed by atoms with van der Waals surface area (Å²) in [7, 11) is 0. The molecule has 0 aliphatic heterocycles. The van der Waals surface area contributed by atoms with Gasteiger partial charge in [0.25, 0.3) is 0 Å². The van der Waals surface area contributed by atoms with Crippen LogP contribution in [0.3, 0.4) is 0 Å². The Balaban J connectivity index is 1.34. The van der Waals surface area contributed by atoms with Crippen LogP contribution in [0.4, 0.5) is 0 Å². The molecule has 6 rings (SSSR count). The van der Waals surface area contributed by atoms with Crippen molar-refractivity contribution < 1.29 is 14.3 Å². The van der Waals surface area contributed by atoms with E-state index in [0.717, 1.165) is 50.5 Å². The first kappa shape index (κ1) is 28.2. The second kappa shape index (κ2) is 9.30. The van der Waals surface area contributed by atoms with Crippen molar-refractivity contribution in [1.82, 2.24) is 0 Å². The Bertz CT molecular complexity index is 1200. The van der Waals surface area contributed by atoms with Crippen LogP contribution >= 0.6 is 0 Å². The molecular formula is C37H52O3. The van der Waals surface area contributed by atoms with Crippen LogP contribution in [-0.2, 0) is 20.9 Å². The molecule has 1 aromatic rings. The third kappa shape index (κ3) is 3.67. The molecule has 5 aliphatic rings. The fourth-order valence-corrected chi connectivity index (χ4v) is 12.2. The maximum Gasteiger partial charge on any atom is 0.312 e. The van der Waals surface area contributed by atoms with Gasteiger partial charge in [0.2, 0.25) is 0 Å². The minimum atomic E-state index is -0.383. The lowest BCUT2D eigenvalue weighted by Crippen LogP contribution is -2.66. The van der Waals surface area contributed by atoms with E-state index < -0.39 is 0 Å². The minimum absolute atomic E-state index is 0.0441. The van der Waals surface area contributed by atoms with E-state index in [0.29, 0.717) is 42.0 Å². The molecule has 3 nitrogen and oxygen atoms in total. The molecule has 5 fully saturated rings. The topological polar surface area (TPSA) is 43.4 Å². The van der Waals surface area contributed by atoms with E-state index in [4.69, 9.17) is 4.74 Å². The number of allylic oxidation sites excluding steroid dienone is 1. The van der Waals surface area contributed by atoms with E-state index >= 15 is 0 Å². The van der Waals surface area contributed by atoms with Crippen molar-refractivity contribution in [3.8, 4) is 0 Å². The molecule has 0 spiro atoms. The van der Waals surface area contributed by atoms with Gasteiger partial charge >= 0.3 is 5.97 Å². The van der Waals surface area contributed by atoms with E-state index in [-0.39, 0.29) is 33.0 Å². The maximum absolute atomic E-state index is 14.1. The lowest BCUT2D eigenvalue weighted by Gasteiger charge is -2.72. The average Bonchev–Trinajstić information content (AvgIpc) is 3.32. The standard InChI is InChI=1S/C37H52O3/c1-24(2)26-15-20-37(32(39)40-23-25-11-9-8-10-12-25)22-21-35(6)27(31(26)37)13-14-29-34(5)18-17-30(38)33(3,4)28(34)16-19-36(29,35)7/h8-12,26-29,31H,1,13-23H2,2-7H3/t26-,27+,28-,29+,31+,34-,35+,36+,37-/m0/s1. The fraction of sp³-hybridized carbons (Fsp3) is 0.730. The van der Waals surface area contributed by atoms with Crippen molar-refractivity contribution >= 4 is 11.8 Å².